The molecule has 0 aromatic carbocycles. The van der Waals surface area contributed by atoms with Crippen molar-refractivity contribution in [2.75, 3.05) is 18.0 Å². The second-order valence-electron chi connectivity index (χ2n) is 6.51. The van der Waals surface area contributed by atoms with Gasteiger partial charge in [-0.15, -0.1) is 0 Å². The third-order valence-electron chi connectivity index (χ3n) is 3.69. The van der Waals surface area contributed by atoms with Crippen LogP contribution in [0.1, 0.15) is 27.2 Å². The van der Waals surface area contributed by atoms with Crippen LogP contribution in [0.15, 0.2) is 16.9 Å². The summed E-state index contributed by atoms with van der Waals surface area (Å²) in [5.41, 5.74) is -0.907. The van der Waals surface area contributed by atoms with Gasteiger partial charge in [0.25, 0.3) is 5.92 Å². The van der Waals surface area contributed by atoms with E-state index in [1.54, 1.807) is 20.8 Å². The third-order valence-corrected chi connectivity index (χ3v) is 4.10. The fourth-order valence-corrected chi connectivity index (χ4v) is 2.98. The van der Waals surface area contributed by atoms with Gasteiger partial charge in [0.1, 0.15) is 6.04 Å². The normalized spacial score (nSPS) is 21.1. The Labute approximate surface area is 141 Å². The molecule has 6 nitrogen and oxygen atoms in total. The predicted octanol–water partition coefficient (Wildman–Crippen LogP) is 3.23. The smallest absolute Gasteiger partial charge is 0.408 e. The standard InChI is InChI=1S/C14H19BrF2N4O2/c1-13(2,3)21(12(22)23)10-4-5-20(8-14(10,16)17)11-18-6-9(15)7-19-11/h6-7,10H,4-5,8H2,1-3H3,(H,22,23). The molecule has 128 valence electrons. The molecule has 9 heteroatoms. The van der Waals surface area contributed by atoms with E-state index in [1.165, 1.54) is 17.3 Å². The van der Waals surface area contributed by atoms with E-state index in [0.29, 0.717) is 4.47 Å². The highest BCUT2D eigenvalue weighted by molar-refractivity contribution is 9.10. The second-order valence-corrected chi connectivity index (χ2v) is 7.43. The molecule has 0 spiro atoms. The summed E-state index contributed by atoms with van der Waals surface area (Å²) in [5.74, 6) is -2.98. The molecule has 1 atom stereocenters. The molecule has 23 heavy (non-hydrogen) atoms. The molecule has 2 rings (SSSR count). The van der Waals surface area contributed by atoms with Crippen LogP contribution in [0.2, 0.25) is 0 Å². The summed E-state index contributed by atoms with van der Waals surface area (Å²) < 4.78 is 29.9. The zero-order valence-electron chi connectivity index (χ0n) is 13.1. The molecular weight excluding hydrogens is 374 g/mol. The minimum Gasteiger partial charge on any atom is -0.465 e. The number of rotatable bonds is 2. The quantitative estimate of drug-likeness (QED) is 0.836. The van der Waals surface area contributed by atoms with E-state index < -0.39 is 30.1 Å². The lowest BCUT2D eigenvalue weighted by Gasteiger charge is -2.47. The van der Waals surface area contributed by atoms with E-state index in [-0.39, 0.29) is 18.9 Å². The highest BCUT2D eigenvalue weighted by Crippen LogP contribution is 2.35. The zero-order chi connectivity index (χ0) is 17.4. The Hall–Kier alpha value is -1.51. The van der Waals surface area contributed by atoms with Gasteiger partial charge in [-0.05, 0) is 43.1 Å². The number of amides is 1. The number of aromatic nitrogens is 2. The number of piperidine rings is 1. The minimum absolute atomic E-state index is 0.00991. The zero-order valence-corrected chi connectivity index (χ0v) is 14.7. The molecule has 1 aliphatic rings. The van der Waals surface area contributed by atoms with E-state index in [9.17, 15) is 18.7 Å². The lowest BCUT2D eigenvalue weighted by Crippen LogP contribution is -2.64. The second kappa shape index (κ2) is 6.18. The number of carbonyl (C=O) groups is 1. The van der Waals surface area contributed by atoms with Gasteiger partial charge in [0.05, 0.1) is 11.0 Å². The monoisotopic (exact) mass is 392 g/mol. The molecule has 0 radical (unpaired) electrons. The highest BCUT2D eigenvalue weighted by atomic mass is 79.9. The van der Waals surface area contributed by atoms with Crippen LogP contribution in [-0.4, -0.2) is 56.7 Å². The van der Waals surface area contributed by atoms with Gasteiger partial charge in [-0.2, -0.15) is 0 Å². The van der Waals surface area contributed by atoms with Crippen molar-refractivity contribution in [1.82, 2.24) is 14.9 Å². The van der Waals surface area contributed by atoms with Gasteiger partial charge in [0.2, 0.25) is 5.95 Å². The molecule has 0 saturated carbocycles. The van der Waals surface area contributed by atoms with Crippen molar-refractivity contribution in [1.29, 1.82) is 0 Å². The Kier molecular flexibility index (Phi) is 4.79. The van der Waals surface area contributed by atoms with Crippen molar-refractivity contribution < 1.29 is 18.7 Å². The maximum Gasteiger partial charge on any atom is 0.408 e. The van der Waals surface area contributed by atoms with Gasteiger partial charge in [0.15, 0.2) is 0 Å². The van der Waals surface area contributed by atoms with E-state index in [1.807, 2.05) is 0 Å². The van der Waals surface area contributed by atoms with Gasteiger partial charge < -0.3 is 10.0 Å². The summed E-state index contributed by atoms with van der Waals surface area (Å²) >= 11 is 3.19. The van der Waals surface area contributed by atoms with Crippen molar-refractivity contribution in [3.8, 4) is 0 Å². The fraction of sp³-hybridized carbons (Fsp3) is 0.643. The first-order chi connectivity index (χ1) is 10.5. The Bertz CT molecular complexity index is 577. The average Bonchev–Trinajstić information content (AvgIpc) is 2.39. The van der Waals surface area contributed by atoms with Gasteiger partial charge in [-0.1, -0.05) is 0 Å². The predicted molar refractivity (Wildman–Crippen MR) is 84.9 cm³/mol. The summed E-state index contributed by atoms with van der Waals surface area (Å²) in [7, 11) is 0. The van der Waals surface area contributed by atoms with E-state index >= 15 is 0 Å². The Balaban J connectivity index is 2.22. The van der Waals surface area contributed by atoms with Crippen molar-refractivity contribution in [2.24, 2.45) is 0 Å². The minimum atomic E-state index is -3.19. The lowest BCUT2D eigenvalue weighted by molar-refractivity contribution is -0.100. The van der Waals surface area contributed by atoms with Gasteiger partial charge in [-0.3, -0.25) is 4.90 Å². The van der Waals surface area contributed by atoms with E-state index in [2.05, 4.69) is 25.9 Å². The van der Waals surface area contributed by atoms with Crippen LogP contribution in [-0.2, 0) is 0 Å². The number of hydrogen-bond acceptors (Lipinski definition) is 4. The number of carboxylic acid groups (broad SMARTS) is 1. The van der Waals surface area contributed by atoms with E-state index in [0.717, 1.165) is 4.90 Å². The molecule has 0 aliphatic carbocycles. The summed E-state index contributed by atoms with van der Waals surface area (Å²) in [4.78, 5) is 21.8. The number of alkyl halides is 2. The first-order valence-electron chi connectivity index (χ1n) is 7.15. The van der Waals surface area contributed by atoms with Crippen LogP contribution in [0.4, 0.5) is 19.5 Å². The summed E-state index contributed by atoms with van der Waals surface area (Å²) in [5, 5.41) is 9.36. The molecular formula is C14H19BrF2N4O2. The molecule has 1 saturated heterocycles. The molecule has 1 amide bonds. The Morgan fingerprint density at radius 1 is 1.43 bits per heavy atom. The first-order valence-corrected chi connectivity index (χ1v) is 7.94. The van der Waals surface area contributed by atoms with Crippen LogP contribution in [0.3, 0.4) is 0 Å². The molecule has 1 fully saturated rings. The SMILES string of the molecule is CC(C)(C)N(C(=O)O)C1CCN(c2ncc(Br)cn2)CC1(F)F. The van der Waals surface area contributed by atoms with Crippen LogP contribution < -0.4 is 4.90 Å². The molecule has 1 aromatic rings. The van der Waals surface area contributed by atoms with Crippen LogP contribution in [0, 0.1) is 0 Å². The van der Waals surface area contributed by atoms with Crippen molar-refractivity contribution >= 4 is 28.0 Å². The number of nitrogens with zero attached hydrogens (tertiary/aromatic N) is 4. The average molecular weight is 393 g/mol. The number of hydrogen-bond donors (Lipinski definition) is 1. The van der Waals surface area contributed by atoms with Gasteiger partial charge in [-0.25, -0.2) is 23.5 Å². The van der Waals surface area contributed by atoms with Crippen LogP contribution in [0.5, 0.6) is 0 Å². The van der Waals surface area contributed by atoms with Crippen molar-refractivity contribution in [3.63, 3.8) is 0 Å². The molecule has 0 bridgehead atoms. The fourth-order valence-electron chi connectivity index (χ4n) is 2.77. The summed E-state index contributed by atoms with van der Waals surface area (Å²) in [6, 6.07) is -1.37. The summed E-state index contributed by atoms with van der Waals surface area (Å²) in [6.45, 7) is 4.49. The molecule has 1 unspecified atom stereocenters. The topological polar surface area (TPSA) is 69.6 Å². The Morgan fingerprint density at radius 2 is 2.00 bits per heavy atom. The third kappa shape index (κ3) is 3.88. The Morgan fingerprint density at radius 3 is 2.43 bits per heavy atom. The summed E-state index contributed by atoms with van der Waals surface area (Å²) in [6.07, 6.45) is 1.66. The molecule has 2 heterocycles. The van der Waals surface area contributed by atoms with E-state index in [4.69, 9.17) is 0 Å². The van der Waals surface area contributed by atoms with Crippen molar-refractivity contribution in [3.05, 3.63) is 16.9 Å². The molecule has 1 aliphatic heterocycles. The largest absolute Gasteiger partial charge is 0.465 e. The van der Waals surface area contributed by atoms with Crippen LogP contribution in [0.25, 0.3) is 0 Å². The van der Waals surface area contributed by atoms with Crippen LogP contribution >= 0.6 is 15.9 Å². The molecule has 1 aromatic heterocycles. The molecule has 1 N–H and O–H groups in total. The van der Waals surface area contributed by atoms with Gasteiger partial charge in [0, 0.05) is 24.5 Å². The first kappa shape index (κ1) is 17.8. The number of anilines is 1. The number of halogens is 3. The maximum absolute atomic E-state index is 14.6. The highest BCUT2D eigenvalue weighted by Gasteiger charge is 2.52. The lowest BCUT2D eigenvalue weighted by atomic mass is 9.94. The maximum atomic E-state index is 14.6. The van der Waals surface area contributed by atoms with Gasteiger partial charge >= 0.3 is 6.09 Å². The van der Waals surface area contributed by atoms with Crippen molar-refractivity contribution in [2.45, 2.75) is 44.7 Å².